The fourth-order valence-electron chi connectivity index (χ4n) is 1.15. The van der Waals surface area contributed by atoms with Gasteiger partial charge in [0.1, 0.15) is 6.04 Å². The van der Waals surface area contributed by atoms with Gasteiger partial charge in [0, 0.05) is 12.7 Å². The molecule has 0 aromatic carbocycles. The van der Waals surface area contributed by atoms with Crippen LogP contribution in [0, 0.1) is 5.92 Å². The van der Waals surface area contributed by atoms with Gasteiger partial charge in [0.15, 0.2) is 0 Å². The van der Waals surface area contributed by atoms with E-state index in [0.717, 1.165) is 0 Å². The molecule has 2 atom stereocenters. The molecule has 0 fully saturated rings. The average molecular weight is 277 g/mol. The molecule has 0 aliphatic rings. The van der Waals surface area contributed by atoms with Crippen LogP contribution in [0.1, 0.15) is 34.1 Å². The molecule has 0 aliphatic carbocycles. The molecule has 18 heavy (non-hydrogen) atoms. The highest BCUT2D eigenvalue weighted by Crippen LogP contribution is 2.22. The summed E-state index contributed by atoms with van der Waals surface area (Å²) in [4.78, 5) is 21.7. The van der Waals surface area contributed by atoms with Crippen molar-refractivity contribution in [3.05, 3.63) is 0 Å². The number of aliphatic carboxylic acids is 1. The van der Waals surface area contributed by atoms with Crippen LogP contribution in [0.2, 0.25) is 0 Å². The Labute approximate surface area is 112 Å². The maximum Gasteiger partial charge on any atom is 0.326 e. The second-order valence-electron chi connectivity index (χ2n) is 4.94. The Morgan fingerprint density at radius 2 is 1.94 bits per heavy atom. The van der Waals surface area contributed by atoms with Crippen LogP contribution < -0.4 is 5.32 Å². The van der Waals surface area contributed by atoms with Gasteiger partial charge in [-0.05, 0) is 25.0 Å². The number of thioether (sulfide) groups is 1. The molecule has 0 aromatic heterocycles. The van der Waals surface area contributed by atoms with E-state index in [0.29, 0.717) is 17.9 Å². The van der Waals surface area contributed by atoms with Gasteiger partial charge in [-0.3, -0.25) is 4.79 Å². The quantitative estimate of drug-likeness (QED) is 0.578. The lowest BCUT2D eigenvalue weighted by molar-refractivity contribution is -0.141. The van der Waals surface area contributed by atoms with Crippen molar-refractivity contribution in [1.82, 2.24) is 5.32 Å². The molecule has 1 amide bonds. The summed E-state index contributed by atoms with van der Waals surface area (Å²) in [6.45, 7) is 6.95. The predicted molar refractivity (Wildman–Crippen MR) is 72.6 cm³/mol. The minimum Gasteiger partial charge on any atom is -0.480 e. The molecule has 0 aromatic rings. The number of amides is 1. The first-order valence-electron chi connectivity index (χ1n) is 5.97. The standard InChI is InChI=1S/C12H23NO4S/c1-8(2)12(4,17)7-18-6-5-10(11(15)16)13-9(3)14/h8,10,17H,5-7H2,1-4H3,(H,13,14)(H,15,16). The van der Waals surface area contributed by atoms with E-state index in [-0.39, 0.29) is 11.8 Å². The van der Waals surface area contributed by atoms with Crippen molar-refractivity contribution in [1.29, 1.82) is 0 Å². The van der Waals surface area contributed by atoms with Crippen LogP contribution in [-0.4, -0.2) is 45.2 Å². The van der Waals surface area contributed by atoms with E-state index in [4.69, 9.17) is 5.11 Å². The topological polar surface area (TPSA) is 86.6 Å². The predicted octanol–water partition coefficient (Wildman–Crippen LogP) is 1.11. The largest absolute Gasteiger partial charge is 0.480 e. The highest BCUT2D eigenvalue weighted by atomic mass is 32.2. The Kier molecular flexibility index (Phi) is 7.32. The molecule has 0 rings (SSSR count). The summed E-state index contributed by atoms with van der Waals surface area (Å²) in [7, 11) is 0. The van der Waals surface area contributed by atoms with Crippen molar-refractivity contribution in [3.8, 4) is 0 Å². The summed E-state index contributed by atoms with van der Waals surface area (Å²) < 4.78 is 0. The summed E-state index contributed by atoms with van der Waals surface area (Å²) in [5, 5.41) is 21.3. The smallest absolute Gasteiger partial charge is 0.326 e. The fraction of sp³-hybridized carbons (Fsp3) is 0.833. The number of carbonyl (C=O) groups excluding carboxylic acids is 1. The number of nitrogens with one attached hydrogen (secondary N) is 1. The molecule has 0 saturated heterocycles. The molecule has 5 nitrogen and oxygen atoms in total. The molecule has 3 N–H and O–H groups in total. The maximum atomic E-state index is 10.9. The monoisotopic (exact) mass is 277 g/mol. The SMILES string of the molecule is CC(=O)NC(CCSCC(C)(O)C(C)C)C(=O)O. The number of aliphatic hydroxyl groups is 1. The van der Waals surface area contributed by atoms with Crippen molar-refractivity contribution in [2.24, 2.45) is 5.92 Å². The summed E-state index contributed by atoms with van der Waals surface area (Å²) >= 11 is 1.50. The lowest BCUT2D eigenvalue weighted by atomic mass is 9.95. The zero-order valence-electron chi connectivity index (χ0n) is 11.4. The highest BCUT2D eigenvalue weighted by Gasteiger charge is 2.25. The van der Waals surface area contributed by atoms with E-state index >= 15 is 0 Å². The van der Waals surface area contributed by atoms with Gasteiger partial charge < -0.3 is 15.5 Å². The van der Waals surface area contributed by atoms with E-state index in [1.54, 1.807) is 6.92 Å². The summed E-state index contributed by atoms with van der Waals surface area (Å²) in [5.41, 5.74) is -0.753. The van der Waals surface area contributed by atoms with Crippen molar-refractivity contribution >= 4 is 23.6 Å². The molecule has 2 unspecified atom stereocenters. The van der Waals surface area contributed by atoms with Crippen LogP contribution in [0.5, 0.6) is 0 Å². The van der Waals surface area contributed by atoms with Gasteiger partial charge in [0.2, 0.25) is 5.91 Å². The lowest BCUT2D eigenvalue weighted by Crippen LogP contribution is -2.40. The van der Waals surface area contributed by atoms with Gasteiger partial charge in [0.05, 0.1) is 5.60 Å². The van der Waals surface area contributed by atoms with Crippen molar-refractivity contribution in [3.63, 3.8) is 0 Å². The highest BCUT2D eigenvalue weighted by molar-refractivity contribution is 7.99. The zero-order chi connectivity index (χ0) is 14.3. The Morgan fingerprint density at radius 3 is 2.33 bits per heavy atom. The lowest BCUT2D eigenvalue weighted by Gasteiger charge is -2.27. The van der Waals surface area contributed by atoms with Gasteiger partial charge in [0.25, 0.3) is 0 Å². The van der Waals surface area contributed by atoms with Gasteiger partial charge in [-0.25, -0.2) is 4.79 Å². The molecule has 0 heterocycles. The average Bonchev–Trinajstić information content (AvgIpc) is 2.21. The minimum absolute atomic E-state index is 0.149. The number of rotatable bonds is 8. The summed E-state index contributed by atoms with van der Waals surface area (Å²) in [6.07, 6.45) is 0.355. The molecule has 0 spiro atoms. The van der Waals surface area contributed by atoms with Crippen LogP contribution in [0.25, 0.3) is 0 Å². The van der Waals surface area contributed by atoms with Crippen LogP contribution in [0.15, 0.2) is 0 Å². The van der Waals surface area contributed by atoms with Crippen LogP contribution in [-0.2, 0) is 9.59 Å². The van der Waals surface area contributed by atoms with Gasteiger partial charge in [-0.1, -0.05) is 13.8 Å². The van der Waals surface area contributed by atoms with E-state index in [9.17, 15) is 14.7 Å². The Balaban J connectivity index is 4.01. The van der Waals surface area contributed by atoms with Gasteiger partial charge in [-0.2, -0.15) is 11.8 Å². The van der Waals surface area contributed by atoms with E-state index < -0.39 is 17.6 Å². The molecule has 0 saturated carbocycles. The number of hydrogen-bond acceptors (Lipinski definition) is 4. The number of carboxylic acids is 1. The molecule has 0 radical (unpaired) electrons. The zero-order valence-corrected chi connectivity index (χ0v) is 12.2. The minimum atomic E-state index is -1.03. The molecular formula is C12H23NO4S. The normalized spacial score (nSPS) is 16.1. The second-order valence-corrected chi connectivity index (χ2v) is 6.05. The van der Waals surface area contributed by atoms with E-state index in [1.807, 2.05) is 13.8 Å². The summed E-state index contributed by atoms with van der Waals surface area (Å²) in [6, 6.07) is -0.848. The van der Waals surface area contributed by atoms with Crippen molar-refractivity contribution in [2.45, 2.75) is 45.8 Å². The maximum absolute atomic E-state index is 10.9. The number of carboxylic acid groups (broad SMARTS) is 1. The molecule has 6 heteroatoms. The van der Waals surface area contributed by atoms with Crippen LogP contribution >= 0.6 is 11.8 Å². The third-order valence-electron chi connectivity index (χ3n) is 2.86. The molecule has 106 valence electrons. The van der Waals surface area contributed by atoms with Gasteiger partial charge >= 0.3 is 5.97 Å². The van der Waals surface area contributed by atoms with E-state index in [2.05, 4.69) is 5.32 Å². The third kappa shape index (κ3) is 6.86. The third-order valence-corrected chi connectivity index (χ3v) is 4.18. The van der Waals surface area contributed by atoms with Crippen LogP contribution in [0.3, 0.4) is 0 Å². The van der Waals surface area contributed by atoms with Gasteiger partial charge in [-0.15, -0.1) is 0 Å². The Bertz CT molecular complexity index is 292. The van der Waals surface area contributed by atoms with Crippen molar-refractivity contribution < 1.29 is 19.8 Å². The number of carbonyl (C=O) groups is 2. The Morgan fingerprint density at radius 1 is 1.39 bits per heavy atom. The first-order chi connectivity index (χ1) is 8.16. The van der Waals surface area contributed by atoms with Crippen molar-refractivity contribution in [2.75, 3.05) is 11.5 Å². The Hall–Kier alpha value is -0.750. The first-order valence-corrected chi connectivity index (χ1v) is 7.12. The molecular weight excluding hydrogens is 254 g/mol. The summed E-state index contributed by atoms with van der Waals surface area (Å²) in [5.74, 6) is -0.0874. The second kappa shape index (κ2) is 7.63. The number of hydrogen-bond donors (Lipinski definition) is 3. The molecule has 0 aliphatic heterocycles. The first kappa shape index (κ1) is 17.2. The van der Waals surface area contributed by atoms with Crippen LogP contribution in [0.4, 0.5) is 0 Å². The molecule has 0 bridgehead atoms. The fourth-order valence-corrected chi connectivity index (χ4v) is 2.44. The van der Waals surface area contributed by atoms with E-state index in [1.165, 1.54) is 18.7 Å².